The summed E-state index contributed by atoms with van der Waals surface area (Å²) in [5, 5.41) is 3.21. The van der Waals surface area contributed by atoms with E-state index >= 15 is 0 Å². The van der Waals surface area contributed by atoms with E-state index in [1.807, 2.05) is 0 Å². The second kappa shape index (κ2) is 2.95. The van der Waals surface area contributed by atoms with Gasteiger partial charge in [-0.15, -0.1) is 0 Å². The van der Waals surface area contributed by atoms with Crippen LogP contribution in [0.2, 0.25) is 0 Å². The molecule has 0 aromatic carbocycles. The van der Waals surface area contributed by atoms with E-state index in [-0.39, 0.29) is 0 Å². The third kappa shape index (κ3) is 2.04. The molecule has 0 amide bonds. The highest BCUT2D eigenvalue weighted by molar-refractivity contribution is 7.86. The lowest BCUT2D eigenvalue weighted by molar-refractivity contribution is -0.0566. The predicted octanol–water partition coefficient (Wildman–Crippen LogP) is -0.203. The zero-order chi connectivity index (χ0) is 9.28. The highest BCUT2D eigenvalue weighted by Gasteiger charge is 2.51. The van der Waals surface area contributed by atoms with Gasteiger partial charge in [-0.3, -0.25) is 4.55 Å². The summed E-state index contributed by atoms with van der Waals surface area (Å²) in [4.78, 5) is 0. The zero-order valence-corrected chi connectivity index (χ0v) is 5.85. The molecule has 4 nitrogen and oxygen atoms in total. The van der Waals surface area contributed by atoms with Crippen LogP contribution in [0, 0.1) is 0 Å². The van der Waals surface area contributed by atoms with Gasteiger partial charge in [-0.25, -0.2) is 4.39 Å². The van der Waals surface area contributed by atoms with Gasteiger partial charge in [0.1, 0.15) is 6.67 Å². The predicted molar refractivity (Wildman–Crippen MR) is 28.5 cm³/mol. The average Bonchev–Trinajstić information content (AvgIpc) is 1.83. The van der Waals surface area contributed by atoms with Crippen LogP contribution in [0.5, 0.6) is 0 Å². The van der Waals surface area contributed by atoms with Crippen LogP contribution >= 0.6 is 0 Å². The minimum Gasteiger partial charge on any atom is -0.383 e. The Morgan fingerprint density at radius 3 is 1.91 bits per heavy atom. The molecule has 68 valence electrons. The molecular weight excluding hydrogens is 189 g/mol. The zero-order valence-electron chi connectivity index (χ0n) is 5.04. The van der Waals surface area contributed by atoms with Crippen LogP contribution in [0.4, 0.5) is 13.2 Å². The molecule has 2 N–H and O–H groups in total. The number of aliphatic hydroxyl groups excluding tert-OH is 1. The second-order valence-electron chi connectivity index (χ2n) is 1.71. The van der Waals surface area contributed by atoms with Gasteiger partial charge >= 0.3 is 15.4 Å². The topological polar surface area (TPSA) is 74.6 Å². The summed E-state index contributed by atoms with van der Waals surface area (Å²) < 4.78 is 62.5. The van der Waals surface area contributed by atoms with E-state index in [2.05, 4.69) is 0 Å². The van der Waals surface area contributed by atoms with Crippen LogP contribution in [0.1, 0.15) is 0 Å². The summed E-state index contributed by atoms with van der Waals surface area (Å²) in [6.45, 7) is -1.95. The van der Waals surface area contributed by atoms with Crippen LogP contribution in [0.3, 0.4) is 0 Å². The number of rotatable bonds is 3. The van der Waals surface area contributed by atoms with Gasteiger partial charge in [0.05, 0.1) is 0 Å². The highest BCUT2D eigenvalue weighted by atomic mass is 32.2. The Bertz CT molecular complexity index is 223. The fourth-order valence-electron chi connectivity index (χ4n) is 0.262. The van der Waals surface area contributed by atoms with Gasteiger partial charge in [-0.2, -0.15) is 17.2 Å². The molecule has 1 unspecified atom stereocenters. The van der Waals surface area contributed by atoms with Crippen molar-refractivity contribution in [2.75, 3.05) is 6.67 Å². The van der Waals surface area contributed by atoms with Crippen LogP contribution < -0.4 is 0 Å². The Balaban J connectivity index is 4.74. The van der Waals surface area contributed by atoms with Gasteiger partial charge in [0.2, 0.25) is 0 Å². The van der Waals surface area contributed by atoms with E-state index in [0.717, 1.165) is 0 Å². The third-order valence-electron chi connectivity index (χ3n) is 0.878. The minimum absolute atomic E-state index is 1.95. The van der Waals surface area contributed by atoms with E-state index in [1.54, 1.807) is 0 Å². The summed E-state index contributed by atoms with van der Waals surface area (Å²) in [6, 6.07) is 0. The van der Waals surface area contributed by atoms with Crippen molar-refractivity contribution in [3.05, 3.63) is 0 Å². The molecular formula is C3H5F3O4S. The quantitative estimate of drug-likeness (QED) is 0.610. The van der Waals surface area contributed by atoms with Crippen molar-refractivity contribution in [1.29, 1.82) is 0 Å². The fraction of sp³-hybridized carbons (Fsp3) is 1.00. The van der Waals surface area contributed by atoms with Gasteiger partial charge < -0.3 is 5.11 Å². The van der Waals surface area contributed by atoms with Crippen molar-refractivity contribution in [3.8, 4) is 0 Å². The van der Waals surface area contributed by atoms with E-state index in [1.165, 1.54) is 0 Å². The molecule has 0 radical (unpaired) electrons. The van der Waals surface area contributed by atoms with Crippen molar-refractivity contribution in [3.63, 3.8) is 0 Å². The largest absolute Gasteiger partial charge is 0.397 e. The Labute approximate surface area is 60.4 Å². The maximum absolute atomic E-state index is 12.0. The van der Waals surface area contributed by atoms with Crippen LogP contribution in [-0.4, -0.2) is 36.1 Å². The maximum Gasteiger partial charge on any atom is 0.397 e. The highest BCUT2D eigenvalue weighted by Crippen LogP contribution is 2.24. The first-order valence-electron chi connectivity index (χ1n) is 2.32. The average molecular weight is 194 g/mol. The molecule has 0 saturated carbocycles. The standard InChI is InChI=1S/C3H5F3O4S/c4-1-2(7)3(5,6)11(8,9)10/h2,7H,1H2,(H,8,9,10). The van der Waals surface area contributed by atoms with E-state index in [0.29, 0.717) is 0 Å². The van der Waals surface area contributed by atoms with Gasteiger partial charge in [0.15, 0.2) is 6.10 Å². The lowest BCUT2D eigenvalue weighted by Crippen LogP contribution is -2.42. The number of halogens is 3. The number of alkyl halides is 3. The van der Waals surface area contributed by atoms with E-state index in [9.17, 15) is 21.6 Å². The minimum atomic E-state index is -5.74. The van der Waals surface area contributed by atoms with Gasteiger partial charge in [-0.05, 0) is 0 Å². The molecule has 8 heteroatoms. The molecule has 1 atom stereocenters. The summed E-state index contributed by atoms with van der Waals surface area (Å²) in [5.74, 6) is 0. The molecule has 0 fully saturated rings. The first-order valence-corrected chi connectivity index (χ1v) is 3.76. The molecule has 11 heavy (non-hydrogen) atoms. The molecule has 0 aromatic rings. The molecule has 0 aromatic heterocycles. The monoisotopic (exact) mass is 194 g/mol. The van der Waals surface area contributed by atoms with Crippen LogP contribution in [0.25, 0.3) is 0 Å². The van der Waals surface area contributed by atoms with Crippen molar-refractivity contribution in [2.45, 2.75) is 11.4 Å². The van der Waals surface area contributed by atoms with Gasteiger partial charge in [0, 0.05) is 0 Å². The van der Waals surface area contributed by atoms with Gasteiger partial charge in [0.25, 0.3) is 0 Å². The van der Waals surface area contributed by atoms with Crippen molar-refractivity contribution in [1.82, 2.24) is 0 Å². The molecule has 0 saturated heterocycles. The molecule has 0 rings (SSSR count). The summed E-state index contributed by atoms with van der Waals surface area (Å²) in [5.41, 5.74) is 0. The second-order valence-corrected chi connectivity index (χ2v) is 3.20. The smallest absolute Gasteiger partial charge is 0.383 e. The fourth-order valence-corrected chi connectivity index (χ4v) is 0.669. The third-order valence-corrected chi connectivity index (χ3v) is 1.84. The lowest BCUT2D eigenvalue weighted by atomic mass is 10.4. The number of hydrogen-bond donors (Lipinski definition) is 2. The van der Waals surface area contributed by atoms with Gasteiger partial charge in [-0.1, -0.05) is 0 Å². The molecule has 0 aliphatic carbocycles. The van der Waals surface area contributed by atoms with Crippen molar-refractivity contribution >= 4 is 10.1 Å². The Morgan fingerprint density at radius 2 is 1.82 bits per heavy atom. The SMILES string of the molecule is O=S(=O)(O)C(F)(F)C(O)CF. The van der Waals surface area contributed by atoms with Crippen molar-refractivity contribution < 1.29 is 31.2 Å². The summed E-state index contributed by atoms with van der Waals surface area (Å²) in [6.07, 6.45) is -3.03. The normalized spacial score (nSPS) is 16.5. The summed E-state index contributed by atoms with van der Waals surface area (Å²) >= 11 is 0. The van der Waals surface area contributed by atoms with E-state index in [4.69, 9.17) is 9.66 Å². The maximum atomic E-state index is 12.0. The van der Waals surface area contributed by atoms with Crippen LogP contribution in [-0.2, 0) is 10.1 Å². The first kappa shape index (κ1) is 10.7. The number of aliphatic hydroxyl groups is 1. The molecule has 0 aliphatic heterocycles. The summed E-state index contributed by atoms with van der Waals surface area (Å²) in [7, 11) is -5.74. The molecule has 0 heterocycles. The van der Waals surface area contributed by atoms with Crippen molar-refractivity contribution in [2.24, 2.45) is 0 Å². The number of hydrogen-bond acceptors (Lipinski definition) is 3. The lowest BCUT2D eigenvalue weighted by Gasteiger charge is -2.15. The Morgan fingerprint density at radius 1 is 1.45 bits per heavy atom. The van der Waals surface area contributed by atoms with E-state index < -0.39 is 28.2 Å². The first-order chi connectivity index (χ1) is 4.73. The Hall–Kier alpha value is -0.340. The molecule has 0 spiro atoms. The molecule has 0 bridgehead atoms. The van der Waals surface area contributed by atoms with Crippen LogP contribution in [0.15, 0.2) is 0 Å². The Kier molecular flexibility index (Phi) is 2.86. The molecule has 0 aliphatic rings.